The van der Waals surface area contributed by atoms with Crippen LogP contribution in [0.5, 0.6) is 0 Å². The Balaban J connectivity index is 4.04. The van der Waals surface area contributed by atoms with Crippen LogP contribution in [0.1, 0.15) is 47.0 Å². The Morgan fingerprint density at radius 1 is 1.21 bits per heavy atom. The fourth-order valence-corrected chi connectivity index (χ4v) is 3.67. The molecule has 1 unspecified atom stereocenters. The number of nitrogens with one attached hydrogen (secondary N) is 1. The second kappa shape index (κ2) is 9.99. The second-order valence-corrected chi connectivity index (χ2v) is 8.67. The maximum Gasteiger partial charge on any atom is 0.321 e. The van der Waals surface area contributed by atoms with Gasteiger partial charge in [0.25, 0.3) is 0 Å². The van der Waals surface area contributed by atoms with Crippen molar-refractivity contribution in [1.29, 1.82) is 0 Å². The Labute approximate surface area is 121 Å². The largest absolute Gasteiger partial charge is 0.377 e. The molecule has 0 spiro atoms. The van der Waals surface area contributed by atoms with Gasteiger partial charge in [-0.05, 0) is 26.2 Å². The van der Waals surface area contributed by atoms with Crippen molar-refractivity contribution < 1.29 is 17.7 Å². The van der Waals surface area contributed by atoms with E-state index in [1.165, 1.54) is 0 Å². The fraction of sp³-hybridized carbons (Fsp3) is 1.00. The summed E-state index contributed by atoms with van der Waals surface area (Å²) in [5.41, 5.74) is 0. The van der Waals surface area contributed by atoms with Crippen molar-refractivity contribution in [2.45, 2.75) is 58.4 Å². The molecule has 0 aliphatic heterocycles. The Kier molecular flexibility index (Phi) is 10.1. The van der Waals surface area contributed by atoms with E-state index in [-0.39, 0.29) is 11.5 Å². The standard InChI is InChI=1S/C12H27NO4S2/c1-10(2)6-5-7-12(18-19(14,15)16)13-8-9-17-11(3)4/h10-13H,5-9H2,1-4H3,(H,14,15,16). The number of ether oxygens (including phenoxy) is 1. The summed E-state index contributed by atoms with van der Waals surface area (Å²) >= 11 is 0. The fourth-order valence-electron chi connectivity index (χ4n) is 1.56. The molecule has 2 N–H and O–H groups in total. The van der Waals surface area contributed by atoms with Gasteiger partial charge in [0, 0.05) is 17.3 Å². The summed E-state index contributed by atoms with van der Waals surface area (Å²) in [6, 6.07) is 0. The van der Waals surface area contributed by atoms with Crippen LogP contribution in [0.2, 0.25) is 0 Å². The van der Waals surface area contributed by atoms with Crippen molar-refractivity contribution in [1.82, 2.24) is 5.32 Å². The van der Waals surface area contributed by atoms with Gasteiger partial charge in [-0.25, -0.2) is 0 Å². The van der Waals surface area contributed by atoms with Gasteiger partial charge in [-0.2, -0.15) is 8.42 Å². The van der Waals surface area contributed by atoms with Crippen LogP contribution >= 0.6 is 10.8 Å². The summed E-state index contributed by atoms with van der Waals surface area (Å²) in [5, 5.41) is 2.82. The third-order valence-electron chi connectivity index (χ3n) is 2.41. The maximum atomic E-state index is 10.9. The molecule has 5 nitrogen and oxygen atoms in total. The summed E-state index contributed by atoms with van der Waals surface area (Å²) < 4.78 is 36.1. The predicted molar refractivity (Wildman–Crippen MR) is 80.7 cm³/mol. The first-order valence-corrected chi connectivity index (χ1v) is 9.55. The Hall–Kier alpha value is 0.180. The molecule has 0 amide bonds. The van der Waals surface area contributed by atoms with Gasteiger partial charge in [-0.1, -0.05) is 26.7 Å². The molecule has 0 rings (SSSR count). The minimum atomic E-state index is -4.01. The quantitative estimate of drug-likeness (QED) is 0.264. The van der Waals surface area contributed by atoms with Crippen LogP contribution in [0.4, 0.5) is 0 Å². The molecule has 0 saturated carbocycles. The van der Waals surface area contributed by atoms with E-state index in [1.807, 2.05) is 13.8 Å². The van der Waals surface area contributed by atoms with E-state index in [4.69, 9.17) is 9.29 Å². The molecule has 0 heterocycles. The van der Waals surface area contributed by atoms with E-state index in [1.54, 1.807) is 0 Å². The van der Waals surface area contributed by atoms with Gasteiger partial charge in [-0.15, -0.1) is 0 Å². The molecule has 0 fully saturated rings. The molecule has 0 bridgehead atoms. The smallest absolute Gasteiger partial charge is 0.321 e. The minimum Gasteiger partial charge on any atom is -0.377 e. The van der Waals surface area contributed by atoms with E-state index < -0.39 is 9.15 Å². The van der Waals surface area contributed by atoms with Gasteiger partial charge in [0.05, 0.1) is 18.1 Å². The van der Waals surface area contributed by atoms with Crippen molar-refractivity contribution in [2.24, 2.45) is 5.92 Å². The molecule has 7 heteroatoms. The Morgan fingerprint density at radius 2 is 1.84 bits per heavy atom. The lowest BCUT2D eigenvalue weighted by Crippen LogP contribution is -2.31. The van der Waals surface area contributed by atoms with Gasteiger partial charge in [0.2, 0.25) is 0 Å². The summed E-state index contributed by atoms with van der Waals surface area (Å²) in [6.45, 7) is 9.28. The molecule has 0 aliphatic rings. The topological polar surface area (TPSA) is 75.6 Å². The molecular weight excluding hydrogens is 286 g/mol. The average Bonchev–Trinajstić information content (AvgIpc) is 2.21. The van der Waals surface area contributed by atoms with Gasteiger partial charge in [0.1, 0.15) is 0 Å². The van der Waals surface area contributed by atoms with Crippen molar-refractivity contribution in [2.75, 3.05) is 13.2 Å². The molecule has 0 aromatic heterocycles. The van der Waals surface area contributed by atoms with E-state index in [0.717, 1.165) is 12.8 Å². The zero-order valence-corrected chi connectivity index (χ0v) is 13.9. The summed E-state index contributed by atoms with van der Waals surface area (Å²) in [6.07, 6.45) is 2.86. The highest BCUT2D eigenvalue weighted by atomic mass is 33.1. The average molecular weight is 313 g/mol. The SMILES string of the molecule is CC(C)CCCC(NCCOC(C)C)SS(=O)(=O)O. The Bertz CT molecular complexity index is 318. The third kappa shape index (κ3) is 14.4. The second-order valence-electron chi connectivity index (χ2n) is 5.21. The van der Waals surface area contributed by atoms with Crippen LogP contribution in [0, 0.1) is 5.92 Å². The van der Waals surface area contributed by atoms with Crippen molar-refractivity contribution in [3.05, 3.63) is 0 Å². The minimum absolute atomic E-state index is 0.162. The summed E-state index contributed by atoms with van der Waals surface area (Å²) in [4.78, 5) is 0. The van der Waals surface area contributed by atoms with Crippen LogP contribution in [-0.4, -0.2) is 37.6 Å². The number of rotatable bonds is 11. The highest BCUT2D eigenvalue weighted by molar-refractivity contribution is 8.70. The van der Waals surface area contributed by atoms with Crippen molar-refractivity contribution >= 4 is 19.9 Å². The summed E-state index contributed by atoms with van der Waals surface area (Å²) in [7, 11) is -3.44. The van der Waals surface area contributed by atoms with Crippen LogP contribution in [-0.2, 0) is 13.9 Å². The molecule has 0 aliphatic carbocycles. The highest BCUT2D eigenvalue weighted by Crippen LogP contribution is 2.21. The lowest BCUT2D eigenvalue weighted by molar-refractivity contribution is 0.0804. The molecule has 0 aromatic carbocycles. The van der Waals surface area contributed by atoms with Gasteiger partial charge in [-0.3, -0.25) is 4.55 Å². The van der Waals surface area contributed by atoms with E-state index >= 15 is 0 Å². The van der Waals surface area contributed by atoms with E-state index in [2.05, 4.69) is 19.2 Å². The molecular formula is C12H27NO4S2. The van der Waals surface area contributed by atoms with Gasteiger partial charge >= 0.3 is 9.15 Å². The van der Waals surface area contributed by atoms with Crippen LogP contribution < -0.4 is 5.32 Å². The molecule has 0 saturated heterocycles. The van der Waals surface area contributed by atoms with Crippen LogP contribution in [0.3, 0.4) is 0 Å². The normalized spacial score (nSPS) is 14.3. The van der Waals surface area contributed by atoms with Gasteiger partial charge < -0.3 is 10.1 Å². The first-order chi connectivity index (χ1) is 8.70. The molecule has 116 valence electrons. The highest BCUT2D eigenvalue weighted by Gasteiger charge is 2.17. The summed E-state index contributed by atoms with van der Waals surface area (Å²) in [5.74, 6) is 0.598. The molecule has 0 radical (unpaired) electrons. The number of hydrogen-bond acceptors (Lipinski definition) is 5. The first kappa shape index (κ1) is 19.2. The van der Waals surface area contributed by atoms with Crippen LogP contribution in [0.25, 0.3) is 0 Å². The molecule has 19 heavy (non-hydrogen) atoms. The van der Waals surface area contributed by atoms with E-state index in [9.17, 15) is 8.42 Å². The maximum absolute atomic E-state index is 10.9. The van der Waals surface area contributed by atoms with Crippen molar-refractivity contribution in [3.8, 4) is 0 Å². The molecule has 0 aromatic rings. The van der Waals surface area contributed by atoms with Gasteiger partial charge in [0.15, 0.2) is 0 Å². The Morgan fingerprint density at radius 3 is 2.32 bits per heavy atom. The lowest BCUT2D eigenvalue weighted by atomic mass is 10.1. The first-order valence-electron chi connectivity index (χ1n) is 6.71. The van der Waals surface area contributed by atoms with E-state index in [0.29, 0.717) is 36.3 Å². The molecule has 1 atom stereocenters. The monoisotopic (exact) mass is 313 g/mol. The lowest BCUT2D eigenvalue weighted by Gasteiger charge is -2.17. The number of hydrogen-bond donors (Lipinski definition) is 2. The zero-order chi connectivity index (χ0) is 14.9. The van der Waals surface area contributed by atoms with Crippen LogP contribution in [0.15, 0.2) is 0 Å². The zero-order valence-electron chi connectivity index (χ0n) is 12.3. The predicted octanol–water partition coefficient (Wildman–Crippen LogP) is 2.69. The third-order valence-corrected chi connectivity index (χ3v) is 4.72. The van der Waals surface area contributed by atoms with Crippen molar-refractivity contribution in [3.63, 3.8) is 0 Å².